The molecule has 0 aromatic heterocycles. The Bertz CT molecular complexity index is 983. The summed E-state index contributed by atoms with van der Waals surface area (Å²) in [5.41, 5.74) is 0.669. The van der Waals surface area contributed by atoms with Gasteiger partial charge in [0.2, 0.25) is 5.91 Å². The van der Waals surface area contributed by atoms with Crippen LogP contribution in [0.4, 0.5) is 4.79 Å². The molecule has 2 aliphatic heterocycles. The predicted octanol–water partition coefficient (Wildman–Crippen LogP) is 1.10. The Kier molecular flexibility index (Phi) is 7.46. The van der Waals surface area contributed by atoms with Gasteiger partial charge >= 0.3 is 11.9 Å². The molecule has 10 nitrogen and oxygen atoms in total. The summed E-state index contributed by atoms with van der Waals surface area (Å²) < 4.78 is 4.90. The number of nitrogens with one attached hydrogen (secondary N) is 2. The van der Waals surface area contributed by atoms with Gasteiger partial charge < -0.3 is 20.5 Å². The van der Waals surface area contributed by atoms with Crippen LogP contribution in [-0.2, 0) is 23.9 Å². The van der Waals surface area contributed by atoms with Crippen molar-refractivity contribution in [3.05, 3.63) is 47.2 Å². The number of carboxylic acids is 1. The van der Waals surface area contributed by atoms with Crippen molar-refractivity contribution in [1.29, 1.82) is 0 Å². The van der Waals surface area contributed by atoms with Crippen molar-refractivity contribution in [3.63, 3.8) is 0 Å². The molecule has 170 valence electrons. The van der Waals surface area contributed by atoms with Crippen molar-refractivity contribution in [1.82, 2.24) is 15.5 Å². The molecule has 0 aliphatic carbocycles. The summed E-state index contributed by atoms with van der Waals surface area (Å²) in [6.07, 6.45) is 0. The number of fused-ring (bicyclic) bond motifs is 1. The zero-order valence-corrected chi connectivity index (χ0v) is 18.8. The fourth-order valence-corrected chi connectivity index (χ4v) is 5.41. The zero-order chi connectivity index (χ0) is 23.4. The van der Waals surface area contributed by atoms with Crippen molar-refractivity contribution >= 4 is 52.5 Å². The van der Waals surface area contributed by atoms with Crippen molar-refractivity contribution in [2.45, 2.75) is 23.6 Å². The van der Waals surface area contributed by atoms with Gasteiger partial charge in [0, 0.05) is 25.3 Å². The second-order valence-corrected chi connectivity index (χ2v) is 9.06. The number of ether oxygens (including phenoxy) is 1. The molecule has 0 spiro atoms. The summed E-state index contributed by atoms with van der Waals surface area (Å²) >= 11 is 2.05. The van der Waals surface area contributed by atoms with Gasteiger partial charge in [-0.25, -0.2) is 4.79 Å². The molecule has 0 saturated carbocycles. The molecule has 1 fully saturated rings. The molecule has 3 rings (SSSR count). The third kappa shape index (κ3) is 4.91. The molecule has 1 aromatic carbocycles. The third-order valence-electron chi connectivity index (χ3n) is 4.77. The number of benzene rings is 1. The van der Waals surface area contributed by atoms with E-state index in [1.807, 2.05) is 0 Å². The summed E-state index contributed by atoms with van der Waals surface area (Å²) in [6.45, 7) is 0.983. The Morgan fingerprint density at radius 1 is 1.28 bits per heavy atom. The molecule has 2 aliphatic rings. The van der Waals surface area contributed by atoms with Gasteiger partial charge in [0.15, 0.2) is 0 Å². The Hall–Kier alpha value is -2.99. The lowest BCUT2D eigenvalue weighted by Gasteiger charge is -2.49. The maximum Gasteiger partial charge on any atom is 0.352 e. The summed E-state index contributed by atoms with van der Waals surface area (Å²) in [6, 6.07) is 7.73. The van der Waals surface area contributed by atoms with Crippen molar-refractivity contribution in [3.8, 4) is 0 Å². The first-order chi connectivity index (χ1) is 15.2. The summed E-state index contributed by atoms with van der Waals surface area (Å²) in [5.74, 6) is -2.76. The number of β-lactam (4-membered cyclic amide) rings is 1. The minimum Gasteiger partial charge on any atom is -0.477 e. The number of esters is 1. The minimum atomic E-state index is -1.31. The number of carbonyl (C=O) groups is 5. The fourth-order valence-electron chi connectivity index (χ4n) is 3.28. The van der Waals surface area contributed by atoms with Crippen molar-refractivity contribution in [2.24, 2.45) is 0 Å². The summed E-state index contributed by atoms with van der Waals surface area (Å²) in [4.78, 5) is 61.6. The highest BCUT2D eigenvalue weighted by atomic mass is 32.2. The van der Waals surface area contributed by atoms with Gasteiger partial charge in [-0.15, -0.1) is 11.8 Å². The first-order valence-electron chi connectivity index (χ1n) is 9.51. The average Bonchev–Trinajstić information content (AvgIpc) is 2.78. The van der Waals surface area contributed by atoms with E-state index in [9.17, 15) is 29.1 Å². The molecule has 3 N–H and O–H groups in total. The van der Waals surface area contributed by atoms with Gasteiger partial charge in [0.1, 0.15) is 29.0 Å². The van der Waals surface area contributed by atoms with E-state index in [4.69, 9.17) is 4.74 Å². The van der Waals surface area contributed by atoms with E-state index in [1.165, 1.54) is 25.7 Å². The van der Waals surface area contributed by atoms with E-state index in [1.54, 1.807) is 30.3 Å². The largest absolute Gasteiger partial charge is 0.477 e. The number of aliphatic carboxylic acids is 1. The standard InChI is InChI=1S/C20H21N3O7S2/c1-10(24)30-8-12-9-31-18-13(17(26)23(18)14(12)19(27)28)22-16(25)15(32-20(29)21-2)11-6-4-3-5-7-11/h3-7,13,15,18H,8-9H2,1-2H3,(H,21,29)(H,22,25)(H,27,28)/t13-,15?,18?/m0/s1. The highest BCUT2D eigenvalue weighted by Crippen LogP contribution is 2.41. The monoisotopic (exact) mass is 479 g/mol. The highest BCUT2D eigenvalue weighted by molar-refractivity contribution is 8.14. The summed E-state index contributed by atoms with van der Waals surface area (Å²) in [7, 11) is 1.45. The molecule has 32 heavy (non-hydrogen) atoms. The molecule has 3 atom stereocenters. The number of carbonyl (C=O) groups excluding carboxylic acids is 4. The second-order valence-electron chi connectivity index (χ2n) is 6.88. The van der Waals surface area contributed by atoms with Crippen LogP contribution >= 0.6 is 23.5 Å². The van der Waals surface area contributed by atoms with Crippen LogP contribution in [0, 0.1) is 0 Å². The number of carboxylic acid groups (broad SMARTS) is 1. The number of thioether (sulfide) groups is 2. The SMILES string of the molecule is CNC(=O)SC(C(=O)N[C@H]1C(=O)N2C(C(=O)O)=C(COC(C)=O)CSC12)c1ccccc1. The van der Waals surface area contributed by atoms with Gasteiger partial charge in [0.25, 0.3) is 11.1 Å². The van der Waals surface area contributed by atoms with E-state index >= 15 is 0 Å². The molecule has 1 saturated heterocycles. The Balaban J connectivity index is 1.77. The van der Waals surface area contributed by atoms with Crippen LogP contribution in [0.1, 0.15) is 17.7 Å². The van der Waals surface area contributed by atoms with E-state index in [2.05, 4.69) is 10.6 Å². The van der Waals surface area contributed by atoms with Gasteiger partial charge in [-0.3, -0.25) is 24.1 Å². The molecular formula is C20H21N3O7S2. The number of amides is 3. The molecule has 3 amide bonds. The van der Waals surface area contributed by atoms with Gasteiger partial charge in [-0.2, -0.15) is 0 Å². The van der Waals surface area contributed by atoms with E-state index in [-0.39, 0.29) is 18.1 Å². The number of hydrogen-bond donors (Lipinski definition) is 3. The van der Waals surface area contributed by atoms with Crippen LogP contribution in [0.25, 0.3) is 0 Å². The first kappa shape index (κ1) is 23.7. The van der Waals surface area contributed by atoms with E-state index < -0.39 is 45.7 Å². The van der Waals surface area contributed by atoms with Crippen LogP contribution in [0.2, 0.25) is 0 Å². The minimum absolute atomic E-state index is 0.226. The fraction of sp³-hybridized carbons (Fsp3) is 0.350. The quantitative estimate of drug-likeness (QED) is 0.387. The molecule has 0 radical (unpaired) electrons. The lowest BCUT2D eigenvalue weighted by molar-refractivity contribution is -0.151. The van der Waals surface area contributed by atoms with Gasteiger partial charge in [0.05, 0.1) is 0 Å². The maximum absolute atomic E-state index is 13.0. The Labute approximate surface area is 192 Å². The van der Waals surface area contributed by atoms with Crippen LogP contribution in [0.15, 0.2) is 41.6 Å². The molecular weight excluding hydrogens is 458 g/mol. The van der Waals surface area contributed by atoms with Crippen molar-refractivity contribution in [2.75, 3.05) is 19.4 Å². The molecule has 2 heterocycles. The van der Waals surface area contributed by atoms with Crippen LogP contribution in [0.3, 0.4) is 0 Å². The smallest absolute Gasteiger partial charge is 0.352 e. The molecule has 12 heteroatoms. The predicted molar refractivity (Wildman–Crippen MR) is 118 cm³/mol. The number of rotatable bonds is 7. The number of hydrogen-bond acceptors (Lipinski definition) is 8. The van der Waals surface area contributed by atoms with Gasteiger partial charge in [-0.05, 0) is 17.3 Å². The lowest BCUT2D eigenvalue weighted by Crippen LogP contribution is -2.70. The summed E-state index contributed by atoms with van der Waals surface area (Å²) in [5, 5.41) is 12.8. The molecule has 1 aromatic rings. The topological polar surface area (TPSA) is 142 Å². The Morgan fingerprint density at radius 3 is 2.56 bits per heavy atom. The first-order valence-corrected chi connectivity index (χ1v) is 11.4. The van der Waals surface area contributed by atoms with Gasteiger partial charge in [-0.1, -0.05) is 30.3 Å². The number of nitrogens with zero attached hydrogens (tertiary/aromatic N) is 1. The maximum atomic E-state index is 13.0. The third-order valence-corrected chi connectivity index (χ3v) is 7.25. The average molecular weight is 480 g/mol. The van der Waals surface area contributed by atoms with Crippen molar-refractivity contribution < 1.29 is 33.8 Å². The highest BCUT2D eigenvalue weighted by Gasteiger charge is 2.54. The Morgan fingerprint density at radius 2 is 1.97 bits per heavy atom. The van der Waals surface area contributed by atoms with Crippen LogP contribution < -0.4 is 10.6 Å². The van der Waals surface area contributed by atoms with E-state index in [0.29, 0.717) is 11.1 Å². The molecule has 2 unspecified atom stereocenters. The zero-order valence-electron chi connectivity index (χ0n) is 17.2. The lowest BCUT2D eigenvalue weighted by atomic mass is 10.0. The van der Waals surface area contributed by atoms with E-state index in [0.717, 1.165) is 16.7 Å². The normalized spacial score (nSPS) is 20.6. The van der Waals surface area contributed by atoms with Crippen LogP contribution in [0.5, 0.6) is 0 Å². The van der Waals surface area contributed by atoms with Crippen LogP contribution in [-0.4, -0.2) is 69.8 Å². The molecule has 0 bridgehead atoms. The second kappa shape index (κ2) is 10.1.